The monoisotopic (exact) mass is 508 g/mol. The van der Waals surface area contributed by atoms with Crippen LogP contribution in [-0.2, 0) is 0 Å². The molecule has 3 aliphatic heterocycles. The molecule has 1 aromatic heterocycles. The van der Waals surface area contributed by atoms with Crippen molar-refractivity contribution in [2.24, 2.45) is 11.8 Å². The van der Waals surface area contributed by atoms with Crippen LogP contribution in [0.15, 0.2) is 10.5 Å². The number of piperidine rings is 1. The van der Waals surface area contributed by atoms with E-state index in [9.17, 15) is 0 Å². The Labute approximate surface area is 195 Å². The van der Waals surface area contributed by atoms with Crippen LogP contribution in [0.5, 0.6) is 6.01 Å². The molecule has 4 heterocycles. The smallest absolute Gasteiger partial charge is 0.319 e. The molecule has 2 aromatic rings. The van der Waals surface area contributed by atoms with Crippen LogP contribution in [0.1, 0.15) is 44.9 Å². The molecule has 2 unspecified atom stereocenters. The Morgan fingerprint density at radius 1 is 1.16 bits per heavy atom. The van der Waals surface area contributed by atoms with Gasteiger partial charge in [0.05, 0.1) is 15.0 Å². The summed E-state index contributed by atoms with van der Waals surface area (Å²) in [5.41, 5.74) is 0.378. The van der Waals surface area contributed by atoms with Crippen LogP contribution < -0.4 is 9.64 Å². The SMILES string of the molecule is Fc1c(Br)c(Cl)cc2c(N3CC4CCC(C4)C3)nc(OCC34CCCN3CCC4)nc12. The fourth-order valence-corrected chi connectivity index (χ4v) is 6.98. The number of fused-ring (bicyclic) bond motifs is 4. The van der Waals surface area contributed by atoms with Crippen molar-refractivity contribution in [2.45, 2.75) is 50.5 Å². The summed E-state index contributed by atoms with van der Waals surface area (Å²) in [7, 11) is 0. The molecule has 31 heavy (non-hydrogen) atoms. The summed E-state index contributed by atoms with van der Waals surface area (Å²) in [5.74, 6) is 1.69. The fraction of sp³-hybridized carbons (Fsp3) is 0.652. The fourth-order valence-electron chi connectivity index (χ4n) is 6.48. The zero-order valence-electron chi connectivity index (χ0n) is 17.5. The summed E-state index contributed by atoms with van der Waals surface area (Å²) in [4.78, 5) is 14.2. The zero-order chi connectivity index (χ0) is 21.2. The Bertz CT molecular complexity index is 1010. The number of benzene rings is 1. The molecule has 4 aliphatic rings. The summed E-state index contributed by atoms with van der Waals surface area (Å²) in [6.07, 6.45) is 8.56. The molecule has 1 aromatic carbocycles. The second kappa shape index (κ2) is 7.70. The summed E-state index contributed by atoms with van der Waals surface area (Å²) in [6.45, 7) is 4.76. The maximum Gasteiger partial charge on any atom is 0.319 e. The van der Waals surface area contributed by atoms with E-state index in [0.717, 1.165) is 44.8 Å². The van der Waals surface area contributed by atoms with Gasteiger partial charge >= 0.3 is 6.01 Å². The maximum absolute atomic E-state index is 15.2. The highest BCUT2D eigenvalue weighted by atomic mass is 79.9. The lowest BCUT2D eigenvalue weighted by atomic mass is 9.95. The van der Waals surface area contributed by atoms with E-state index < -0.39 is 5.82 Å². The zero-order valence-corrected chi connectivity index (χ0v) is 19.9. The van der Waals surface area contributed by atoms with Crippen LogP contribution in [0.3, 0.4) is 0 Å². The van der Waals surface area contributed by atoms with Crippen LogP contribution in [0.4, 0.5) is 10.2 Å². The van der Waals surface area contributed by atoms with Crippen molar-refractivity contribution in [2.75, 3.05) is 37.7 Å². The molecule has 3 saturated heterocycles. The Hall–Kier alpha value is -1.18. The van der Waals surface area contributed by atoms with Gasteiger partial charge in [-0.3, -0.25) is 4.90 Å². The van der Waals surface area contributed by atoms with E-state index in [1.54, 1.807) is 6.07 Å². The number of anilines is 1. The molecule has 2 bridgehead atoms. The number of halogens is 3. The largest absolute Gasteiger partial charge is 0.461 e. The lowest BCUT2D eigenvalue weighted by Crippen LogP contribution is -2.43. The summed E-state index contributed by atoms with van der Waals surface area (Å²) >= 11 is 9.60. The highest BCUT2D eigenvalue weighted by Crippen LogP contribution is 2.42. The van der Waals surface area contributed by atoms with Crippen molar-refractivity contribution in [3.63, 3.8) is 0 Å². The summed E-state index contributed by atoms with van der Waals surface area (Å²) in [5, 5.41) is 1.01. The van der Waals surface area contributed by atoms with Crippen molar-refractivity contribution < 1.29 is 9.13 Å². The minimum Gasteiger partial charge on any atom is -0.461 e. The van der Waals surface area contributed by atoms with Crippen LogP contribution in [0, 0.1) is 17.7 Å². The van der Waals surface area contributed by atoms with Crippen LogP contribution in [0.2, 0.25) is 5.02 Å². The summed E-state index contributed by atoms with van der Waals surface area (Å²) < 4.78 is 21.7. The van der Waals surface area contributed by atoms with Crippen molar-refractivity contribution in [3.8, 4) is 6.01 Å². The first-order valence-electron chi connectivity index (χ1n) is 11.5. The molecule has 1 aliphatic carbocycles. The average Bonchev–Trinajstić information content (AvgIpc) is 3.44. The number of aromatic nitrogens is 2. The first kappa shape index (κ1) is 20.4. The van der Waals surface area contributed by atoms with Gasteiger partial charge in [-0.05, 0) is 91.9 Å². The summed E-state index contributed by atoms with van der Waals surface area (Å²) in [6, 6.07) is 2.07. The number of hydrogen-bond donors (Lipinski definition) is 0. The van der Waals surface area contributed by atoms with E-state index in [2.05, 4.69) is 30.7 Å². The highest BCUT2D eigenvalue weighted by molar-refractivity contribution is 9.10. The minimum atomic E-state index is -0.447. The topological polar surface area (TPSA) is 41.5 Å². The number of hydrogen-bond acceptors (Lipinski definition) is 5. The Kier molecular flexibility index (Phi) is 5.07. The van der Waals surface area contributed by atoms with Crippen LogP contribution in [0.25, 0.3) is 10.9 Å². The lowest BCUT2D eigenvalue weighted by Gasteiger charge is -2.34. The number of rotatable bonds is 4. The Morgan fingerprint density at radius 3 is 2.58 bits per heavy atom. The molecule has 2 atom stereocenters. The molecule has 4 fully saturated rings. The van der Waals surface area contributed by atoms with Crippen molar-refractivity contribution in [1.82, 2.24) is 14.9 Å². The first-order valence-corrected chi connectivity index (χ1v) is 12.7. The molecule has 6 rings (SSSR count). The van der Waals surface area contributed by atoms with E-state index in [1.165, 1.54) is 32.1 Å². The number of nitrogens with zero attached hydrogens (tertiary/aromatic N) is 4. The molecular weight excluding hydrogens is 483 g/mol. The van der Waals surface area contributed by atoms with Gasteiger partial charge in [0.25, 0.3) is 0 Å². The minimum absolute atomic E-state index is 0.0990. The van der Waals surface area contributed by atoms with Crippen LogP contribution in [-0.4, -0.2) is 53.2 Å². The maximum atomic E-state index is 15.2. The van der Waals surface area contributed by atoms with Gasteiger partial charge in [0.2, 0.25) is 0 Å². The van der Waals surface area contributed by atoms with E-state index >= 15 is 4.39 Å². The van der Waals surface area contributed by atoms with Crippen molar-refractivity contribution in [3.05, 3.63) is 21.4 Å². The quantitative estimate of drug-likeness (QED) is 0.514. The predicted molar refractivity (Wildman–Crippen MR) is 124 cm³/mol. The Morgan fingerprint density at radius 2 is 1.87 bits per heavy atom. The normalized spacial score (nSPS) is 27.3. The molecule has 0 N–H and O–H groups in total. The van der Waals surface area contributed by atoms with Gasteiger partial charge in [-0.15, -0.1) is 0 Å². The molecule has 1 saturated carbocycles. The second-order valence-electron chi connectivity index (χ2n) is 9.87. The van der Waals surface area contributed by atoms with Gasteiger partial charge in [-0.2, -0.15) is 9.97 Å². The predicted octanol–water partition coefficient (Wildman–Crippen LogP) is 5.43. The molecule has 0 spiro atoms. The van der Waals surface area contributed by atoms with Gasteiger partial charge in [-0.25, -0.2) is 4.39 Å². The van der Waals surface area contributed by atoms with Gasteiger partial charge in [0.15, 0.2) is 5.82 Å². The van der Waals surface area contributed by atoms with Gasteiger partial charge < -0.3 is 9.64 Å². The van der Waals surface area contributed by atoms with Crippen LogP contribution >= 0.6 is 27.5 Å². The average molecular weight is 510 g/mol. The van der Waals surface area contributed by atoms with E-state index in [-0.39, 0.29) is 21.5 Å². The Balaban J connectivity index is 1.39. The highest BCUT2D eigenvalue weighted by Gasteiger charge is 2.45. The standard InChI is InChI=1S/C23H27BrClFN4O/c24-18-17(25)10-16-20(19(18)26)27-22(31-13-23-5-1-7-30(23)8-2-6-23)28-21(16)29-11-14-3-4-15(9-14)12-29/h10,14-15H,1-9,11-13H2. The third kappa shape index (κ3) is 3.42. The van der Waals surface area contributed by atoms with Gasteiger partial charge in [-0.1, -0.05) is 11.6 Å². The second-order valence-corrected chi connectivity index (χ2v) is 11.1. The number of ether oxygens (including phenoxy) is 1. The van der Waals surface area contributed by atoms with Crippen molar-refractivity contribution in [1.29, 1.82) is 0 Å². The lowest BCUT2D eigenvalue weighted by molar-refractivity contribution is 0.108. The van der Waals surface area contributed by atoms with Gasteiger partial charge in [0.1, 0.15) is 17.9 Å². The third-order valence-electron chi connectivity index (χ3n) is 7.97. The van der Waals surface area contributed by atoms with Crippen molar-refractivity contribution >= 4 is 44.3 Å². The van der Waals surface area contributed by atoms with Gasteiger partial charge in [0, 0.05) is 18.5 Å². The molecule has 0 amide bonds. The molecular formula is C23H27BrClFN4O. The molecule has 5 nitrogen and oxygen atoms in total. The molecule has 0 radical (unpaired) electrons. The molecule has 166 valence electrons. The van der Waals surface area contributed by atoms with E-state index in [1.807, 2.05) is 0 Å². The van der Waals surface area contributed by atoms with E-state index in [0.29, 0.717) is 28.9 Å². The third-order valence-corrected chi connectivity index (χ3v) is 9.28. The first-order chi connectivity index (χ1) is 15.0. The molecule has 8 heteroatoms. The van der Waals surface area contributed by atoms with E-state index in [4.69, 9.17) is 21.3 Å².